The molecule has 2 saturated carbocycles. The summed E-state index contributed by atoms with van der Waals surface area (Å²) in [5, 5.41) is 62.3. The maximum absolute atomic E-state index is 14.8. The van der Waals surface area contributed by atoms with E-state index >= 15 is 0 Å². The molecule has 49 heavy (non-hydrogen) atoms. The van der Waals surface area contributed by atoms with Crippen LogP contribution in [0.3, 0.4) is 0 Å². The van der Waals surface area contributed by atoms with Crippen molar-refractivity contribution in [1.29, 1.82) is 0 Å². The number of hydrogen-bond acceptors (Lipinski definition) is 13. The number of rotatable bonds is 1. The highest BCUT2D eigenvalue weighted by Crippen LogP contribution is 2.60. The van der Waals surface area contributed by atoms with E-state index in [0.717, 1.165) is 18.4 Å². The summed E-state index contributed by atoms with van der Waals surface area (Å²) in [6.07, 6.45) is 3.58. The molecule has 3 fully saturated rings. The third kappa shape index (κ3) is 4.59. The number of fused-ring (bicyclic) bond motifs is 6. The van der Waals surface area contributed by atoms with Gasteiger partial charge in [-0.15, -0.1) is 0 Å². The molecule has 1 aromatic heterocycles. The van der Waals surface area contributed by atoms with Crippen LogP contribution < -0.4 is 10.1 Å². The minimum absolute atomic E-state index is 0.0541. The number of aromatic nitrogens is 1. The lowest BCUT2D eigenvalue weighted by atomic mass is 9.52. The van der Waals surface area contributed by atoms with Crippen molar-refractivity contribution in [2.45, 2.75) is 80.6 Å². The van der Waals surface area contributed by atoms with E-state index < -0.39 is 64.8 Å². The number of nitrogens with one attached hydrogen (secondary N) is 1. The van der Waals surface area contributed by atoms with Gasteiger partial charge in [-0.2, -0.15) is 0 Å². The van der Waals surface area contributed by atoms with Gasteiger partial charge in [-0.25, -0.2) is 4.98 Å². The highest BCUT2D eigenvalue weighted by Gasteiger charge is 2.71. The number of carbonyl (C=O) groups excluding carboxylic acids is 2. The zero-order chi connectivity index (χ0) is 34.3. The fourth-order valence-electron chi connectivity index (χ4n) is 9.67. The van der Waals surface area contributed by atoms with E-state index in [2.05, 4.69) is 10.3 Å². The first kappa shape index (κ1) is 33.2. The van der Waals surface area contributed by atoms with E-state index in [-0.39, 0.29) is 40.6 Å². The molecule has 8 unspecified atom stereocenters. The van der Waals surface area contributed by atoms with Crippen LogP contribution in [-0.2, 0) is 10.2 Å². The van der Waals surface area contributed by atoms with Crippen LogP contribution in [0.4, 0.5) is 5.82 Å². The Morgan fingerprint density at radius 1 is 1.10 bits per heavy atom. The first-order valence-electron chi connectivity index (χ1n) is 16.8. The summed E-state index contributed by atoms with van der Waals surface area (Å²) < 4.78 is 12.6. The van der Waals surface area contributed by atoms with Crippen molar-refractivity contribution >= 4 is 39.0 Å². The quantitative estimate of drug-likeness (QED) is 0.234. The van der Waals surface area contributed by atoms with E-state index in [0.29, 0.717) is 36.5 Å². The van der Waals surface area contributed by atoms with Gasteiger partial charge in [-0.3, -0.25) is 9.59 Å². The molecule has 6 aliphatic rings. The number of Topliss-reactive ketones (excluding diaryl/α,β-unsaturated/α-hetero) is 2. The summed E-state index contributed by atoms with van der Waals surface area (Å²) in [4.78, 5) is 33.5. The number of aliphatic hydroxyl groups is 5. The molecule has 3 heterocycles. The number of allylic oxidation sites excluding steroid dienone is 4. The predicted octanol–water partition coefficient (Wildman–Crippen LogP) is 4.07. The molecule has 11 nitrogen and oxygen atoms in total. The van der Waals surface area contributed by atoms with Crippen molar-refractivity contribution in [3.8, 4) is 5.75 Å². The summed E-state index contributed by atoms with van der Waals surface area (Å²) in [6, 6.07) is 8.51. The van der Waals surface area contributed by atoms with Crippen LogP contribution in [0.25, 0.3) is 0 Å². The summed E-state index contributed by atoms with van der Waals surface area (Å²) in [5.74, 6) is -1.66. The standard InChI is InChI=1S/C36H40N2O9S2/c1-19-13-22-28(41)21-5-4-6-23-27(21)29(42)35(22,25(40)14-19)17-48-49-18-38-26-15-20(8-12-37-26)33(9-2-3-10-33)24-7-11-34(16-39)32(44)36(24,45)30(43)31(46-23)47-34/h4-6,8,12-15,22,24,30-32,39-40,43-45H,2-3,7,9-11,16-18H2,1H3,(H,37,38). The average molecular weight is 709 g/mol. The lowest BCUT2D eigenvalue weighted by Gasteiger charge is -2.62. The molecule has 2 spiro atoms. The Bertz CT molecular complexity index is 1780. The van der Waals surface area contributed by atoms with Crippen LogP contribution in [0.15, 0.2) is 60.0 Å². The number of anilines is 1. The lowest BCUT2D eigenvalue weighted by molar-refractivity contribution is -0.381. The molecule has 1 saturated heterocycles. The van der Waals surface area contributed by atoms with Crippen LogP contribution >= 0.6 is 21.6 Å². The Labute approximate surface area is 291 Å². The van der Waals surface area contributed by atoms with Crippen LogP contribution in [0, 0.1) is 17.3 Å². The average Bonchev–Trinajstić information content (AvgIpc) is 3.59. The van der Waals surface area contributed by atoms with E-state index in [1.807, 2.05) is 12.1 Å². The highest BCUT2D eigenvalue weighted by molar-refractivity contribution is 8.76. The fraction of sp³-hybridized carbons (Fsp3) is 0.528. The molecule has 6 N–H and O–H groups in total. The molecular weight excluding hydrogens is 669 g/mol. The van der Waals surface area contributed by atoms with Crippen LogP contribution in [0.2, 0.25) is 0 Å². The molecule has 0 radical (unpaired) electrons. The summed E-state index contributed by atoms with van der Waals surface area (Å²) in [7, 11) is 2.80. The maximum atomic E-state index is 14.8. The lowest BCUT2D eigenvalue weighted by Crippen LogP contribution is -2.79. The van der Waals surface area contributed by atoms with Crippen LogP contribution in [0.1, 0.15) is 71.7 Å². The summed E-state index contributed by atoms with van der Waals surface area (Å²) in [6.45, 7) is 1.11. The van der Waals surface area contributed by atoms with E-state index in [4.69, 9.17) is 9.47 Å². The van der Waals surface area contributed by atoms with Crippen molar-refractivity contribution in [2.24, 2.45) is 17.3 Å². The first-order valence-corrected chi connectivity index (χ1v) is 19.3. The normalized spacial score (nSPS) is 38.0. The van der Waals surface area contributed by atoms with Crippen molar-refractivity contribution in [1.82, 2.24) is 4.98 Å². The van der Waals surface area contributed by atoms with Gasteiger partial charge in [0, 0.05) is 28.8 Å². The molecule has 7 bridgehead atoms. The minimum Gasteiger partial charge on any atom is -0.511 e. The summed E-state index contributed by atoms with van der Waals surface area (Å²) >= 11 is 0. The van der Waals surface area contributed by atoms with E-state index in [1.54, 1.807) is 31.3 Å². The predicted molar refractivity (Wildman–Crippen MR) is 183 cm³/mol. The van der Waals surface area contributed by atoms with Crippen molar-refractivity contribution in [3.63, 3.8) is 0 Å². The van der Waals surface area contributed by atoms with E-state index in [9.17, 15) is 35.1 Å². The third-order valence-electron chi connectivity index (χ3n) is 12.1. The number of ketones is 2. The zero-order valence-electron chi connectivity index (χ0n) is 27.0. The number of hydrogen-bond donors (Lipinski definition) is 6. The van der Waals surface area contributed by atoms with Gasteiger partial charge >= 0.3 is 0 Å². The van der Waals surface area contributed by atoms with Crippen molar-refractivity contribution < 1.29 is 44.6 Å². The number of carbonyl (C=O) groups is 2. The topological polar surface area (TPSA) is 179 Å². The molecule has 0 amide bonds. The van der Waals surface area contributed by atoms with Crippen LogP contribution in [-0.4, -0.2) is 90.0 Å². The molecule has 4 aliphatic carbocycles. The second-order valence-electron chi connectivity index (χ2n) is 14.4. The minimum atomic E-state index is -2.18. The Hall–Kier alpha value is -2.91. The third-order valence-corrected chi connectivity index (χ3v) is 14.3. The van der Waals surface area contributed by atoms with Gasteiger partial charge in [-0.1, -0.05) is 58.2 Å². The Morgan fingerprint density at radius 3 is 2.67 bits per heavy atom. The van der Waals surface area contributed by atoms with E-state index in [1.165, 1.54) is 33.7 Å². The monoisotopic (exact) mass is 708 g/mol. The second kappa shape index (κ2) is 11.8. The van der Waals surface area contributed by atoms with Gasteiger partial charge in [0.25, 0.3) is 0 Å². The Balaban J connectivity index is 1.31. The SMILES string of the molecule is CC1=CC2C(=O)c3cccc4c3C(=O)C2(CSSCNc2cc(ccn2)C2(CCCC2)C2CCC3(CO)OC(O4)C(O)C2(O)C3O)C(O)=C1. The number of nitrogens with zero attached hydrogens (tertiary/aromatic N) is 1. The molecule has 1 aromatic carbocycles. The zero-order valence-corrected chi connectivity index (χ0v) is 28.6. The van der Waals surface area contributed by atoms with Crippen molar-refractivity contribution in [3.05, 3.63) is 76.7 Å². The van der Waals surface area contributed by atoms with Gasteiger partial charge in [0.1, 0.15) is 46.2 Å². The summed E-state index contributed by atoms with van der Waals surface area (Å²) in [5.41, 5.74) is -4.43. The number of ether oxygens (including phenoxy) is 2. The number of aliphatic hydroxyl groups excluding tert-OH is 4. The number of pyridine rings is 1. The number of benzene rings is 1. The van der Waals surface area contributed by atoms with Gasteiger partial charge < -0.3 is 40.3 Å². The van der Waals surface area contributed by atoms with Crippen LogP contribution in [0.5, 0.6) is 5.75 Å². The molecule has 2 aromatic rings. The molecule has 13 heteroatoms. The maximum Gasteiger partial charge on any atom is 0.229 e. The van der Waals surface area contributed by atoms with Crippen molar-refractivity contribution in [2.75, 3.05) is 23.6 Å². The van der Waals surface area contributed by atoms with Gasteiger partial charge in [0.15, 0.2) is 11.6 Å². The molecule has 2 aliphatic heterocycles. The highest BCUT2D eigenvalue weighted by atomic mass is 33.1. The molecule has 8 atom stereocenters. The Morgan fingerprint density at radius 2 is 1.90 bits per heavy atom. The first-order chi connectivity index (χ1) is 23.5. The Kier molecular flexibility index (Phi) is 8.02. The van der Waals surface area contributed by atoms with Gasteiger partial charge in [0.2, 0.25) is 6.29 Å². The molecule has 260 valence electrons. The molecule has 8 rings (SSSR count). The smallest absolute Gasteiger partial charge is 0.229 e. The fourth-order valence-corrected chi connectivity index (χ4v) is 11.9. The van der Waals surface area contributed by atoms with Gasteiger partial charge in [0.05, 0.1) is 24.0 Å². The second-order valence-corrected chi connectivity index (χ2v) is 16.9. The largest absolute Gasteiger partial charge is 0.511 e. The molecular formula is C36H40N2O9S2. The van der Waals surface area contributed by atoms with Gasteiger partial charge in [-0.05, 0) is 62.4 Å².